The third kappa shape index (κ3) is 3.67. The van der Waals surface area contributed by atoms with E-state index in [-0.39, 0.29) is 5.97 Å². The Bertz CT molecular complexity index is 610. The molecule has 1 atom stereocenters. The Morgan fingerprint density at radius 1 is 1.05 bits per heavy atom. The molecule has 0 bridgehead atoms. The van der Waals surface area contributed by atoms with E-state index < -0.39 is 0 Å². The van der Waals surface area contributed by atoms with Crippen molar-refractivity contribution in [3.05, 3.63) is 65.7 Å². The van der Waals surface area contributed by atoms with Crippen LogP contribution in [0.4, 0.5) is 5.69 Å². The fourth-order valence-electron chi connectivity index (χ4n) is 2.36. The molecule has 3 nitrogen and oxygen atoms in total. The summed E-state index contributed by atoms with van der Waals surface area (Å²) in [5, 5.41) is 1.68. The van der Waals surface area contributed by atoms with Gasteiger partial charge in [0.05, 0.1) is 17.8 Å². The van der Waals surface area contributed by atoms with Crippen LogP contribution in [0.5, 0.6) is 0 Å². The van der Waals surface area contributed by atoms with Crippen molar-refractivity contribution in [2.24, 2.45) is 0 Å². The van der Waals surface area contributed by atoms with Gasteiger partial charge in [0, 0.05) is 0 Å². The minimum atomic E-state index is -0.332. The van der Waals surface area contributed by atoms with Crippen molar-refractivity contribution in [3.8, 4) is 0 Å². The number of nitrogens with zero attached hydrogens (tertiary/aromatic N) is 1. The molecular formula is C19H23NO2. The first-order chi connectivity index (χ1) is 10.7. The van der Waals surface area contributed by atoms with Crippen LogP contribution in [0.15, 0.2) is 54.6 Å². The molecule has 0 saturated heterocycles. The van der Waals surface area contributed by atoms with Gasteiger partial charge in [-0.05, 0) is 43.0 Å². The van der Waals surface area contributed by atoms with E-state index in [1.54, 1.807) is 17.2 Å². The quantitative estimate of drug-likeness (QED) is 0.717. The molecule has 0 aromatic heterocycles. The second-order valence-electron chi connectivity index (χ2n) is 5.31. The van der Waals surface area contributed by atoms with E-state index in [0.29, 0.717) is 18.0 Å². The second-order valence-corrected chi connectivity index (χ2v) is 5.31. The number of anilines is 1. The van der Waals surface area contributed by atoms with Gasteiger partial charge in [-0.2, -0.15) is 0 Å². The zero-order valence-electron chi connectivity index (χ0n) is 13.5. The van der Waals surface area contributed by atoms with Crippen molar-refractivity contribution >= 4 is 11.7 Å². The van der Waals surface area contributed by atoms with Crippen molar-refractivity contribution in [1.82, 2.24) is 0 Å². The Balaban J connectivity index is 2.24. The Morgan fingerprint density at radius 2 is 1.68 bits per heavy atom. The molecule has 0 aliphatic rings. The maximum absolute atomic E-state index is 12.3. The van der Waals surface area contributed by atoms with Crippen molar-refractivity contribution < 1.29 is 9.63 Å². The average Bonchev–Trinajstić information content (AvgIpc) is 2.59. The van der Waals surface area contributed by atoms with Crippen LogP contribution in [0.25, 0.3) is 0 Å². The number of rotatable bonds is 6. The first kappa shape index (κ1) is 16.1. The van der Waals surface area contributed by atoms with Gasteiger partial charge in [-0.1, -0.05) is 50.2 Å². The van der Waals surface area contributed by atoms with Crippen LogP contribution in [0, 0.1) is 0 Å². The first-order valence-corrected chi connectivity index (χ1v) is 7.81. The lowest BCUT2D eigenvalue weighted by Crippen LogP contribution is -2.28. The first-order valence-electron chi connectivity index (χ1n) is 7.81. The molecular weight excluding hydrogens is 274 g/mol. The molecule has 1 unspecified atom stereocenters. The largest absolute Gasteiger partial charge is 0.363 e. The Morgan fingerprint density at radius 3 is 2.32 bits per heavy atom. The van der Waals surface area contributed by atoms with Gasteiger partial charge in [0.25, 0.3) is 0 Å². The molecule has 0 radical (unpaired) electrons. The lowest BCUT2D eigenvalue weighted by Gasteiger charge is -2.26. The van der Waals surface area contributed by atoms with Crippen LogP contribution in [0.3, 0.4) is 0 Å². The molecule has 0 fully saturated rings. The lowest BCUT2D eigenvalue weighted by atomic mass is 9.97. The predicted octanol–water partition coefficient (Wildman–Crippen LogP) is 4.80. The summed E-state index contributed by atoms with van der Waals surface area (Å²) in [6.45, 7) is 6.93. The summed E-state index contributed by atoms with van der Waals surface area (Å²) in [7, 11) is 0. The van der Waals surface area contributed by atoms with Gasteiger partial charge in [0.1, 0.15) is 0 Å². The molecule has 0 spiro atoms. The minimum absolute atomic E-state index is 0.332. The number of para-hydroxylation sites is 1. The molecule has 116 valence electrons. The van der Waals surface area contributed by atoms with E-state index in [4.69, 9.17) is 4.84 Å². The van der Waals surface area contributed by atoms with E-state index in [1.807, 2.05) is 43.3 Å². The summed E-state index contributed by atoms with van der Waals surface area (Å²) in [4.78, 5) is 17.9. The number of hydroxylamine groups is 1. The highest BCUT2D eigenvalue weighted by atomic mass is 16.7. The number of benzene rings is 2. The van der Waals surface area contributed by atoms with Crippen LogP contribution in [-0.2, 0) is 4.84 Å². The van der Waals surface area contributed by atoms with Crippen molar-refractivity contribution in [1.29, 1.82) is 0 Å². The number of hydrogen-bond donors (Lipinski definition) is 0. The van der Waals surface area contributed by atoms with Crippen LogP contribution >= 0.6 is 0 Å². The maximum Gasteiger partial charge on any atom is 0.363 e. The highest BCUT2D eigenvalue weighted by molar-refractivity contribution is 5.90. The summed E-state index contributed by atoms with van der Waals surface area (Å²) in [6, 6.07) is 17.2. The van der Waals surface area contributed by atoms with Crippen LogP contribution in [0.1, 0.15) is 49.0 Å². The third-order valence-electron chi connectivity index (χ3n) is 3.84. The van der Waals surface area contributed by atoms with Crippen LogP contribution < -0.4 is 5.06 Å². The van der Waals surface area contributed by atoms with Gasteiger partial charge in [-0.3, -0.25) is 0 Å². The van der Waals surface area contributed by atoms with E-state index in [2.05, 4.69) is 19.9 Å². The van der Waals surface area contributed by atoms with E-state index in [0.717, 1.165) is 12.1 Å². The van der Waals surface area contributed by atoms with Gasteiger partial charge in [-0.25, -0.2) is 9.86 Å². The van der Waals surface area contributed by atoms with Gasteiger partial charge in [0.2, 0.25) is 0 Å². The smallest absolute Gasteiger partial charge is 0.335 e. The van der Waals surface area contributed by atoms with Crippen LogP contribution in [-0.4, -0.2) is 12.5 Å². The molecule has 0 saturated carbocycles. The van der Waals surface area contributed by atoms with Gasteiger partial charge < -0.3 is 4.84 Å². The SMILES string of the molecule is CCC(C)c1ccccc1N(CC)OC(=O)c1ccccc1. The molecule has 0 N–H and O–H groups in total. The predicted molar refractivity (Wildman–Crippen MR) is 90.0 cm³/mol. The normalized spacial score (nSPS) is 11.8. The molecule has 22 heavy (non-hydrogen) atoms. The molecule has 0 heterocycles. The fourth-order valence-corrected chi connectivity index (χ4v) is 2.36. The summed E-state index contributed by atoms with van der Waals surface area (Å²) < 4.78 is 0. The number of carbonyl (C=O) groups excluding carboxylic acids is 1. The Labute approximate surface area is 132 Å². The molecule has 0 aliphatic heterocycles. The fraction of sp³-hybridized carbons (Fsp3) is 0.316. The molecule has 0 aliphatic carbocycles. The summed E-state index contributed by atoms with van der Waals surface area (Å²) in [6.07, 6.45) is 1.04. The van der Waals surface area contributed by atoms with Crippen molar-refractivity contribution in [3.63, 3.8) is 0 Å². The molecule has 2 rings (SSSR count). The number of hydrogen-bond acceptors (Lipinski definition) is 3. The summed E-state index contributed by atoms with van der Waals surface area (Å²) in [5.41, 5.74) is 2.72. The molecule has 0 amide bonds. The summed E-state index contributed by atoms with van der Waals surface area (Å²) in [5.74, 6) is 0.0853. The van der Waals surface area contributed by atoms with Crippen molar-refractivity contribution in [2.75, 3.05) is 11.6 Å². The molecule has 2 aromatic rings. The highest BCUT2D eigenvalue weighted by Gasteiger charge is 2.18. The Hall–Kier alpha value is -2.29. The van der Waals surface area contributed by atoms with Crippen molar-refractivity contribution in [2.45, 2.75) is 33.1 Å². The van der Waals surface area contributed by atoms with E-state index in [1.165, 1.54) is 5.56 Å². The Kier molecular flexibility index (Phi) is 5.59. The standard InChI is InChI=1S/C19H23NO2/c1-4-15(3)17-13-9-10-14-18(17)20(5-2)22-19(21)16-11-7-6-8-12-16/h6-15H,4-5H2,1-3H3. The maximum atomic E-state index is 12.3. The highest BCUT2D eigenvalue weighted by Crippen LogP contribution is 2.29. The third-order valence-corrected chi connectivity index (χ3v) is 3.84. The van der Waals surface area contributed by atoms with Gasteiger partial charge >= 0.3 is 5.97 Å². The zero-order chi connectivity index (χ0) is 15.9. The average molecular weight is 297 g/mol. The number of carbonyl (C=O) groups is 1. The van der Waals surface area contributed by atoms with Crippen LogP contribution in [0.2, 0.25) is 0 Å². The zero-order valence-corrected chi connectivity index (χ0v) is 13.5. The lowest BCUT2D eigenvalue weighted by molar-refractivity contribution is 0.0455. The second kappa shape index (κ2) is 7.64. The van der Waals surface area contributed by atoms with E-state index >= 15 is 0 Å². The van der Waals surface area contributed by atoms with Gasteiger partial charge in [0.15, 0.2) is 0 Å². The molecule has 2 aromatic carbocycles. The summed E-state index contributed by atoms with van der Waals surface area (Å²) >= 11 is 0. The topological polar surface area (TPSA) is 29.5 Å². The molecule has 3 heteroatoms. The monoisotopic (exact) mass is 297 g/mol. The van der Waals surface area contributed by atoms with E-state index in [9.17, 15) is 4.79 Å². The minimum Gasteiger partial charge on any atom is -0.335 e. The van der Waals surface area contributed by atoms with Gasteiger partial charge in [-0.15, -0.1) is 0 Å².